The Bertz CT molecular complexity index is 1080. The maximum Gasteiger partial charge on any atom is 0.434 e. The number of aromatic nitrogens is 2. The van der Waals surface area contributed by atoms with Crippen LogP contribution in [0.3, 0.4) is 0 Å². The minimum atomic E-state index is -4.88. The molecule has 0 spiro atoms. The number of hydrogen-bond acceptors (Lipinski definition) is 3. The second-order valence-corrected chi connectivity index (χ2v) is 7.68. The lowest BCUT2D eigenvalue weighted by Gasteiger charge is -2.22. The van der Waals surface area contributed by atoms with Crippen LogP contribution in [0.5, 0.6) is 0 Å². The van der Waals surface area contributed by atoms with Gasteiger partial charge in [-0.1, -0.05) is 42.5 Å². The van der Waals surface area contributed by atoms with E-state index in [1.807, 2.05) is 30.3 Å². The second-order valence-electron chi connectivity index (χ2n) is 7.68. The molecular weight excluding hydrogens is 424 g/mol. The zero-order valence-corrected chi connectivity index (χ0v) is 17.2. The van der Waals surface area contributed by atoms with E-state index in [0.29, 0.717) is 37.3 Å². The van der Waals surface area contributed by atoms with Crippen molar-refractivity contribution in [3.8, 4) is 5.69 Å². The summed E-state index contributed by atoms with van der Waals surface area (Å²) in [5, 5.41) is 3.72. The molecule has 0 saturated carbocycles. The predicted molar refractivity (Wildman–Crippen MR) is 111 cm³/mol. The predicted octanol–water partition coefficient (Wildman–Crippen LogP) is 4.38. The third-order valence-electron chi connectivity index (χ3n) is 5.47. The van der Waals surface area contributed by atoms with Gasteiger partial charge < -0.3 is 4.90 Å². The zero-order valence-electron chi connectivity index (χ0n) is 17.2. The first kappa shape index (κ1) is 22.0. The number of halogens is 4. The van der Waals surface area contributed by atoms with Crippen molar-refractivity contribution in [2.75, 3.05) is 26.2 Å². The van der Waals surface area contributed by atoms with Crippen molar-refractivity contribution in [3.05, 3.63) is 83.4 Å². The first-order valence-corrected chi connectivity index (χ1v) is 10.3. The molecular formula is C23H22F4N4O. The summed E-state index contributed by atoms with van der Waals surface area (Å²) in [4.78, 5) is 16.7. The Morgan fingerprint density at radius 2 is 1.66 bits per heavy atom. The molecule has 1 fully saturated rings. The molecule has 0 aliphatic carbocycles. The van der Waals surface area contributed by atoms with E-state index in [9.17, 15) is 22.4 Å². The fourth-order valence-corrected chi connectivity index (χ4v) is 3.93. The minimum Gasteiger partial charge on any atom is -0.337 e. The van der Waals surface area contributed by atoms with Crippen LogP contribution in [0, 0.1) is 5.82 Å². The van der Waals surface area contributed by atoms with E-state index in [0.717, 1.165) is 24.4 Å². The molecule has 0 radical (unpaired) electrons. The topological polar surface area (TPSA) is 41.4 Å². The summed E-state index contributed by atoms with van der Waals surface area (Å²) in [6.07, 6.45) is -3.36. The first-order chi connectivity index (χ1) is 15.3. The molecule has 2 aromatic carbocycles. The Kier molecular flexibility index (Phi) is 6.27. The van der Waals surface area contributed by atoms with E-state index < -0.39 is 29.2 Å². The van der Waals surface area contributed by atoms with Crippen LogP contribution in [0.15, 0.2) is 60.8 Å². The molecule has 0 atom stereocenters. The highest BCUT2D eigenvalue weighted by Gasteiger charge is 2.42. The molecule has 2 heterocycles. The lowest BCUT2D eigenvalue weighted by molar-refractivity contribution is -0.143. The maximum absolute atomic E-state index is 14.2. The van der Waals surface area contributed by atoms with Crippen molar-refractivity contribution in [1.82, 2.24) is 19.6 Å². The summed E-state index contributed by atoms with van der Waals surface area (Å²) >= 11 is 0. The number of rotatable bonds is 4. The quantitative estimate of drug-likeness (QED) is 0.559. The second kappa shape index (κ2) is 9.12. The van der Waals surface area contributed by atoms with Crippen LogP contribution < -0.4 is 0 Å². The highest BCUT2D eigenvalue weighted by atomic mass is 19.4. The van der Waals surface area contributed by atoms with Gasteiger partial charge in [-0.25, -0.2) is 9.07 Å². The molecule has 5 nitrogen and oxygen atoms in total. The molecule has 168 valence electrons. The Labute approximate surface area is 182 Å². The summed E-state index contributed by atoms with van der Waals surface area (Å²) < 4.78 is 56.3. The maximum atomic E-state index is 14.2. The fourth-order valence-electron chi connectivity index (χ4n) is 3.93. The Morgan fingerprint density at radius 3 is 2.38 bits per heavy atom. The van der Waals surface area contributed by atoms with Crippen LogP contribution in [-0.2, 0) is 12.7 Å². The van der Waals surface area contributed by atoms with E-state index in [2.05, 4.69) is 10.00 Å². The number of hydrogen-bond donors (Lipinski definition) is 0. The van der Waals surface area contributed by atoms with Crippen LogP contribution >= 0.6 is 0 Å². The largest absolute Gasteiger partial charge is 0.434 e. The Hall–Kier alpha value is -3.20. The van der Waals surface area contributed by atoms with Gasteiger partial charge in [0.25, 0.3) is 5.91 Å². The number of alkyl halides is 3. The van der Waals surface area contributed by atoms with Crippen molar-refractivity contribution < 1.29 is 22.4 Å². The zero-order chi connectivity index (χ0) is 22.7. The number of carbonyl (C=O) groups is 1. The molecule has 1 aliphatic heterocycles. The average molecular weight is 446 g/mol. The molecule has 9 heteroatoms. The summed E-state index contributed by atoms with van der Waals surface area (Å²) in [7, 11) is 0. The molecule has 0 bridgehead atoms. The van der Waals surface area contributed by atoms with E-state index >= 15 is 0 Å². The van der Waals surface area contributed by atoms with Gasteiger partial charge in [0, 0.05) is 32.7 Å². The molecule has 32 heavy (non-hydrogen) atoms. The van der Waals surface area contributed by atoms with Gasteiger partial charge in [0.15, 0.2) is 5.69 Å². The number of nitrogens with zero attached hydrogens (tertiary/aromatic N) is 4. The molecule has 1 aromatic heterocycles. The molecule has 1 aliphatic rings. The summed E-state index contributed by atoms with van der Waals surface area (Å²) in [5.41, 5.74) is -1.06. The standard InChI is InChI=1S/C23H22F4N4O/c24-19-9-4-5-10-20(19)31-21(23(25,26)27)18(15-28-31)22(32)30-12-6-11-29(13-14-30)16-17-7-2-1-3-8-17/h1-5,7-10,15H,6,11-14,16H2. The molecule has 0 unspecified atom stereocenters. The van der Waals surface area contributed by atoms with Crippen molar-refractivity contribution in [1.29, 1.82) is 0 Å². The van der Waals surface area contributed by atoms with Gasteiger partial charge in [-0.05, 0) is 24.1 Å². The lowest BCUT2D eigenvalue weighted by atomic mass is 10.2. The molecule has 1 amide bonds. The summed E-state index contributed by atoms with van der Waals surface area (Å²) in [6.45, 7) is 2.63. The molecule has 1 saturated heterocycles. The Balaban J connectivity index is 1.56. The highest BCUT2D eigenvalue weighted by Crippen LogP contribution is 2.34. The normalized spacial score (nSPS) is 15.6. The summed E-state index contributed by atoms with van der Waals surface area (Å²) in [5.74, 6) is -1.60. The van der Waals surface area contributed by atoms with Crippen LogP contribution in [0.25, 0.3) is 5.69 Å². The number of amides is 1. The number of benzene rings is 2. The number of carbonyl (C=O) groups excluding carboxylic acids is 1. The fraction of sp³-hybridized carbons (Fsp3) is 0.304. The average Bonchev–Trinajstić information content (AvgIpc) is 3.09. The Morgan fingerprint density at radius 1 is 0.938 bits per heavy atom. The molecule has 0 N–H and O–H groups in total. The van der Waals surface area contributed by atoms with Crippen molar-refractivity contribution in [3.63, 3.8) is 0 Å². The van der Waals surface area contributed by atoms with Crippen molar-refractivity contribution >= 4 is 5.91 Å². The number of para-hydroxylation sites is 1. The van der Waals surface area contributed by atoms with Gasteiger partial charge in [-0.15, -0.1) is 0 Å². The molecule has 4 rings (SSSR count). The lowest BCUT2D eigenvalue weighted by Crippen LogP contribution is -2.36. The first-order valence-electron chi connectivity index (χ1n) is 10.3. The molecule has 3 aromatic rings. The van der Waals surface area contributed by atoms with Gasteiger partial charge in [0.05, 0.1) is 11.8 Å². The van der Waals surface area contributed by atoms with E-state index in [-0.39, 0.29) is 5.69 Å². The van der Waals surface area contributed by atoms with Gasteiger partial charge >= 0.3 is 6.18 Å². The van der Waals surface area contributed by atoms with Gasteiger partial charge in [-0.3, -0.25) is 9.69 Å². The van der Waals surface area contributed by atoms with E-state index in [1.165, 1.54) is 23.1 Å². The van der Waals surface area contributed by atoms with Crippen molar-refractivity contribution in [2.24, 2.45) is 0 Å². The van der Waals surface area contributed by atoms with Crippen LogP contribution in [0.1, 0.15) is 28.0 Å². The monoisotopic (exact) mass is 446 g/mol. The van der Waals surface area contributed by atoms with Crippen LogP contribution in [-0.4, -0.2) is 51.7 Å². The van der Waals surface area contributed by atoms with Crippen LogP contribution in [0.4, 0.5) is 17.6 Å². The van der Waals surface area contributed by atoms with E-state index in [1.54, 1.807) is 0 Å². The third kappa shape index (κ3) is 4.67. The third-order valence-corrected chi connectivity index (χ3v) is 5.47. The smallest absolute Gasteiger partial charge is 0.337 e. The SMILES string of the molecule is O=C(c1cnn(-c2ccccc2F)c1C(F)(F)F)N1CCCN(Cc2ccccc2)CC1. The van der Waals surface area contributed by atoms with Crippen molar-refractivity contribution in [2.45, 2.75) is 19.1 Å². The van der Waals surface area contributed by atoms with Gasteiger partial charge in [-0.2, -0.15) is 18.3 Å². The summed E-state index contributed by atoms with van der Waals surface area (Å²) in [6, 6.07) is 14.9. The van der Waals surface area contributed by atoms with E-state index in [4.69, 9.17) is 0 Å². The van der Waals surface area contributed by atoms with Crippen LogP contribution in [0.2, 0.25) is 0 Å². The van der Waals surface area contributed by atoms with Gasteiger partial charge in [0.2, 0.25) is 0 Å². The van der Waals surface area contributed by atoms with Gasteiger partial charge in [0.1, 0.15) is 11.5 Å². The minimum absolute atomic E-state index is 0.299. The highest BCUT2D eigenvalue weighted by molar-refractivity contribution is 5.95.